The zero-order valence-corrected chi connectivity index (χ0v) is 12.7. The SMILES string of the molecule is CC(NCC(C)(C)c1cccs1)c1cccc(F)c1F. The van der Waals surface area contributed by atoms with Crippen molar-refractivity contribution in [1.82, 2.24) is 5.32 Å². The highest BCUT2D eigenvalue weighted by Gasteiger charge is 2.23. The Balaban J connectivity index is 2.05. The molecule has 20 heavy (non-hydrogen) atoms. The molecular weight excluding hydrogens is 276 g/mol. The number of hydrogen-bond acceptors (Lipinski definition) is 2. The van der Waals surface area contributed by atoms with E-state index in [1.54, 1.807) is 17.4 Å². The molecule has 0 fully saturated rings. The molecule has 1 atom stereocenters. The molecule has 1 N–H and O–H groups in total. The summed E-state index contributed by atoms with van der Waals surface area (Å²) in [4.78, 5) is 1.27. The molecule has 1 nitrogen and oxygen atoms in total. The average Bonchev–Trinajstić information content (AvgIpc) is 2.94. The molecule has 0 aliphatic rings. The van der Waals surface area contributed by atoms with Gasteiger partial charge in [0.2, 0.25) is 0 Å². The van der Waals surface area contributed by atoms with Crippen molar-refractivity contribution in [1.29, 1.82) is 0 Å². The summed E-state index contributed by atoms with van der Waals surface area (Å²) in [5.41, 5.74) is 0.332. The predicted molar refractivity (Wildman–Crippen MR) is 80.1 cm³/mol. The molecule has 1 heterocycles. The van der Waals surface area contributed by atoms with Crippen molar-refractivity contribution in [2.45, 2.75) is 32.2 Å². The molecule has 0 amide bonds. The van der Waals surface area contributed by atoms with Gasteiger partial charge >= 0.3 is 0 Å². The lowest BCUT2D eigenvalue weighted by molar-refractivity contribution is 0.424. The minimum atomic E-state index is -0.798. The molecule has 0 saturated carbocycles. The quantitative estimate of drug-likeness (QED) is 0.846. The molecule has 2 rings (SSSR count). The second-order valence-electron chi connectivity index (χ2n) is 5.61. The number of nitrogens with one attached hydrogen (secondary N) is 1. The summed E-state index contributed by atoms with van der Waals surface area (Å²) >= 11 is 1.71. The molecule has 0 saturated heterocycles. The number of benzene rings is 1. The standard InChI is InChI=1S/C16H19F2NS/c1-11(12-6-4-7-13(17)15(12)18)19-10-16(2,3)14-8-5-9-20-14/h4-9,11,19H,10H2,1-3H3. The number of hydrogen-bond donors (Lipinski definition) is 1. The third kappa shape index (κ3) is 3.25. The molecule has 1 aromatic carbocycles. The lowest BCUT2D eigenvalue weighted by atomic mass is 9.91. The first-order chi connectivity index (χ1) is 9.42. The Morgan fingerprint density at radius 2 is 1.95 bits per heavy atom. The van der Waals surface area contributed by atoms with Gasteiger partial charge in [0.1, 0.15) is 0 Å². The van der Waals surface area contributed by atoms with Gasteiger partial charge in [0.15, 0.2) is 11.6 Å². The van der Waals surface area contributed by atoms with E-state index in [-0.39, 0.29) is 11.5 Å². The molecule has 1 aromatic heterocycles. The third-order valence-electron chi connectivity index (χ3n) is 3.49. The summed E-state index contributed by atoms with van der Waals surface area (Å²) in [5, 5.41) is 5.34. The van der Waals surface area contributed by atoms with Crippen LogP contribution in [0.4, 0.5) is 8.78 Å². The molecular formula is C16H19F2NS. The average molecular weight is 295 g/mol. The van der Waals surface area contributed by atoms with Gasteiger partial charge in [0, 0.05) is 28.4 Å². The summed E-state index contributed by atoms with van der Waals surface area (Å²) < 4.78 is 27.0. The van der Waals surface area contributed by atoms with Gasteiger partial charge < -0.3 is 5.32 Å². The van der Waals surface area contributed by atoms with Crippen LogP contribution in [0, 0.1) is 11.6 Å². The van der Waals surface area contributed by atoms with Crippen molar-refractivity contribution >= 4 is 11.3 Å². The van der Waals surface area contributed by atoms with Crippen molar-refractivity contribution < 1.29 is 8.78 Å². The highest BCUT2D eigenvalue weighted by Crippen LogP contribution is 2.28. The Bertz CT molecular complexity index is 564. The minimum absolute atomic E-state index is 0.0355. The van der Waals surface area contributed by atoms with Crippen LogP contribution in [0.15, 0.2) is 35.7 Å². The second kappa shape index (κ2) is 6.02. The molecule has 0 bridgehead atoms. The fraction of sp³-hybridized carbons (Fsp3) is 0.375. The lowest BCUT2D eigenvalue weighted by Crippen LogP contribution is -2.34. The predicted octanol–water partition coefficient (Wildman–Crippen LogP) is 4.65. The van der Waals surface area contributed by atoms with E-state index in [2.05, 4.69) is 25.2 Å². The van der Waals surface area contributed by atoms with Gasteiger partial charge in [-0.1, -0.05) is 32.0 Å². The Labute approximate surface area is 122 Å². The number of rotatable bonds is 5. The first-order valence-corrected chi connectivity index (χ1v) is 7.51. The fourth-order valence-corrected chi connectivity index (χ4v) is 2.98. The zero-order chi connectivity index (χ0) is 14.8. The van der Waals surface area contributed by atoms with Crippen LogP contribution in [-0.2, 0) is 5.41 Å². The topological polar surface area (TPSA) is 12.0 Å². The molecule has 0 aliphatic carbocycles. The van der Waals surface area contributed by atoms with E-state index >= 15 is 0 Å². The number of halogens is 2. The van der Waals surface area contributed by atoms with Crippen LogP contribution >= 0.6 is 11.3 Å². The normalized spacial score (nSPS) is 13.4. The summed E-state index contributed by atoms with van der Waals surface area (Å²) in [6, 6.07) is 8.19. The van der Waals surface area contributed by atoms with E-state index in [1.165, 1.54) is 10.9 Å². The minimum Gasteiger partial charge on any atom is -0.309 e. The summed E-state index contributed by atoms with van der Waals surface area (Å²) in [6.07, 6.45) is 0. The zero-order valence-electron chi connectivity index (χ0n) is 11.9. The van der Waals surface area contributed by atoms with Crippen LogP contribution in [0.3, 0.4) is 0 Å². The van der Waals surface area contributed by atoms with Gasteiger partial charge in [-0.05, 0) is 24.4 Å². The van der Waals surface area contributed by atoms with Gasteiger partial charge in [0.05, 0.1) is 0 Å². The molecule has 2 aromatic rings. The van der Waals surface area contributed by atoms with Gasteiger partial charge in [-0.2, -0.15) is 0 Å². The Kier molecular flexibility index (Phi) is 4.55. The molecule has 1 unspecified atom stereocenters. The molecule has 0 spiro atoms. The number of thiophene rings is 1. The summed E-state index contributed by atoms with van der Waals surface area (Å²) in [7, 11) is 0. The molecule has 4 heteroatoms. The molecule has 108 valence electrons. The highest BCUT2D eigenvalue weighted by molar-refractivity contribution is 7.10. The van der Waals surface area contributed by atoms with Gasteiger partial charge in [0.25, 0.3) is 0 Å². The van der Waals surface area contributed by atoms with E-state index in [4.69, 9.17) is 0 Å². The van der Waals surface area contributed by atoms with Crippen molar-refractivity contribution in [2.75, 3.05) is 6.54 Å². The Morgan fingerprint density at radius 1 is 1.20 bits per heavy atom. The maximum atomic E-state index is 13.7. The monoisotopic (exact) mass is 295 g/mol. The maximum Gasteiger partial charge on any atom is 0.163 e. The van der Waals surface area contributed by atoms with E-state index in [0.29, 0.717) is 12.1 Å². The van der Waals surface area contributed by atoms with Crippen LogP contribution in [-0.4, -0.2) is 6.54 Å². The third-order valence-corrected chi connectivity index (χ3v) is 4.72. The Morgan fingerprint density at radius 3 is 2.60 bits per heavy atom. The van der Waals surface area contributed by atoms with E-state index in [9.17, 15) is 8.78 Å². The lowest BCUT2D eigenvalue weighted by Gasteiger charge is -2.26. The van der Waals surface area contributed by atoms with Gasteiger partial charge in [-0.25, -0.2) is 8.78 Å². The van der Waals surface area contributed by atoms with Crippen LogP contribution < -0.4 is 5.32 Å². The highest BCUT2D eigenvalue weighted by atomic mass is 32.1. The summed E-state index contributed by atoms with van der Waals surface area (Å²) in [6.45, 7) is 6.83. The van der Waals surface area contributed by atoms with Crippen molar-refractivity contribution in [3.63, 3.8) is 0 Å². The second-order valence-corrected chi connectivity index (χ2v) is 6.55. The molecule has 0 aliphatic heterocycles. The van der Waals surface area contributed by atoms with Crippen LogP contribution in [0.5, 0.6) is 0 Å². The first kappa shape index (κ1) is 15.1. The van der Waals surface area contributed by atoms with Crippen LogP contribution in [0.25, 0.3) is 0 Å². The first-order valence-electron chi connectivity index (χ1n) is 6.63. The van der Waals surface area contributed by atoms with Crippen LogP contribution in [0.1, 0.15) is 37.3 Å². The van der Waals surface area contributed by atoms with E-state index in [1.807, 2.05) is 18.4 Å². The van der Waals surface area contributed by atoms with E-state index in [0.717, 1.165) is 6.07 Å². The van der Waals surface area contributed by atoms with Crippen molar-refractivity contribution in [3.8, 4) is 0 Å². The van der Waals surface area contributed by atoms with E-state index < -0.39 is 11.6 Å². The van der Waals surface area contributed by atoms with Crippen molar-refractivity contribution in [3.05, 3.63) is 57.8 Å². The maximum absolute atomic E-state index is 13.7. The molecule has 0 radical (unpaired) electrons. The smallest absolute Gasteiger partial charge is 0.163 e. The van der Waals surface area contributed by atoms with Gasteiger partial charge in [-0.15, -0.1) is 11.3 Å². The van der Waals surface area contributed by atoms with Crippen LogP contribution in [0.2, 0.25) is 0 Å². The van der Waals surface area contributed by atoms with Crippen molar-refractivity contribution in [2.24, 2.45) is 0 Å². The largest absolute Gasteiger partial charge is 0.309 e. The fourth-order valence-electron chi connectivity index (χ4n) is 2.12. The Hall–Kier alpha value is -1.26. The van der Waals surface area contributed by atoms with Gasteiger partial charge in [-0.3, -0.25) is 0 Å². The summed E-state index contributed by atoms with van der Waals surface area (Å²) in [5.74, 6) is -1.56.